The van der Waals surface area contributed by atoms with Crippen molar-refractivity contribution >= 4 is 44.0 Å². The summed E-state index contributed by atoms with van der Waals surface area (Å²) >= 11 is 3.47. The Morgan fingerprint density at radius 3 is 1.43 bits per heavy atom. The molecule has 4 aromatic heterocycles. The molecule has 11 heteroatoms. The van der Waals surface area contributed by atoms with E-state index in [4.69, 9.17) is 0 Å². The molecule has 0 saturated heterocycles. The van der Waals surface area contributed by atoms with Crippen molar-refractivity contribution in [3.8, 4) is 0 Å². The molecule has 0 radical (unpaired) electrons. The number of carbonyl (C=O) groups is 1. The second kappa shape index (κ2) is 20.9. The summed E-state index contributed by atoms with van der Waals surface area (Å²) in [6.45, 7) is 37.1. The highest BCUT2D eigenvalue weighted by atomic mass is 32.1. The second-order valence-corrected chi connectivity index (χ2v) is 26.2. The smallest absolute Gasteiger partial charge is 0.190 e. The molecule has 4 heterocycles. The van der Waals surface area contributed by atoms with E-state index in [0.717, 1.165) is 84.0 Å². The molecule has 0 N–H and O–H groups in total. The zero-order valence-electron chi connectivity index (χ0n) is 45.1. The number of benzene rings is 2. The van der Waals surface area contributed by atoms with Crippen molar-refractivity contribution in [3.63, 3.8) is 0 Å². The summed E-state index contributed by atoms with van der Waals surface area (Å²) in [5.74, 6) is -0.0272. The molecule has 70 heavy (non-hydrogen) atoms. The zero-order chi connectivity index (χ0) is 50.9. The van der Waals surface area contributed by atoms with Crippen molar-refractivity contribution in [1.29, 1.82) is 0 Å². The molecular formula is C59H80N8OS2. The largest absolute Gasteiger partial charge is 0.367 e. The summed E-state index contributed by atoms with van der Waals surface area (Å²) in [5.41, 5.74) is 12.9. The van der Waals surface area contributed by atoms with E-state index in [1.165, 1.54) is 43.3 Å². The van der Waals surface area contributed by atoms with Gasteiger partial charge in [0.15, 0.2) is 5.78 Å². The molecule has 1 unspecified atom stereocenters. The maximum atomic E-state index is 13.9. The van der Waals surface area contributed by atoms with E-state index >= 15 is 0 Å². The number of unbranched alkanes of at least 4 members (excludes halogenated alkanes) is 2. The third kappa shape index (κ3) is 12.8. The van der Waals surface area contributed by atoms with Crippen LogP contribution < -0.4 is 9.80 Å². The number of hydrogen-bond acceptors (Lipinski definition) is 9. The predicted octanol–water partition coefficient (Wildman–Crippen LogP) is 13.9. The fraction of sp³-hybridized carbons (Fsp3) is 0.508. The molecule has 1 aliphatic carbocycles. The first-order valence-electron chi connectivity index (χ1n) is 25.4. The van der Waals surface area contributed by atoms with Gasteiger partial charge in [0.25, 0.3) is 0 Å². The Hall–Kier alpha value is -5.13. The number of carbonyl (C=O) groups excluding carboxylic acids is 1. The quantitative estimate of drug-likeness (QED) is 0.0626. The minimum absolute atomic E-state index is 0.0662. The van der Waals surface area contributed by atoms with Crippen LogP contribution in [0.4, 0.5) is 10.0 Å². The van der Waals surface area contributed by atoms with Gasteiger partial charge in [-0.2, -0.15) is 0 Å². The fourth-order valence-corrected chi connectivity index (χ4v) is 11.5. The van der Waals surface area contributed by atoms with Crippen LogP contribution in [-0.2, 0) is 52.4 Å². The lowest BCUT2D eigenvalue weighted by atomic mass is 9.79. The molecule has 1 atom stereocenters. The summed E-state index contributed by atoms with van der Waals surface area (Å²) < 4.78 is 3.96. The number of rotatable bonds is 18. The van der Waals surface area contributed by atoms with Crippen LogP contribution in [0, 0.1) is 0 Å². The predicted molar refractivity (Wildman–Crippen MR) is 296 cm³/mol. The highest BCUT2D eigenvalue weighted by molar-refractivity contribution is 7.17. The highest BCUT2D eigenvalue weighted by Crippen LogP contribution is 2.49. The number of nitrogens with zero attached hydrogens (tertiary/aromatic N) is 8. The zero-order valence-corrected chi connectivity index (χ0v) is 46.7. The molecule has 1 aliphatic rings. The van der Waals surface area contributed by atoms with Gasteiger partial charge in [-0.1, -0.05) is 136 Å². The average Bonchev–Trinajstić information content (AvgIpc) is 4.13. The highest BCUT2D eigenvalue weighted by Gasteiger charge is 2.37. The number of aromatic nitrogens is 6. The van der Waals surface area contributed by atoms with Crippen LogP contribution in [0.25, 0.3) is 5.57 Å². The number of anilines is 2. The first kappa shape index (κ1) is 52.7. The van der Waals surface area contributed by atoms with Gasteiger partial charge in [-0.15, -0.1) is 32.9 Å². The molecule has 0 aliphatic heterocycles. The summed E-state index contributed by atoms with van der Waals surface area (Å²) in [6, 6.07) is 22.7. The van der Waals surface area contributed by atoms with E-state index in [1.807, 2.05) is 9.36 Å². The lowest BCUT2D eigenvalue weighted by molar-refractivity contribution is -0.110. The fourth-order valence-electron chi connectivity index (χ4n) is 9.20. The van der Waals surface area contributed by atoms with Crippen LogP contribution >= 0.6 is 22.7 Å². The Labute approximate surface area is 428 Å². The first-order valence-corrected chi connectivity index (χ1v) is 27.0. The number of ketones is 1. The molecule has 374 valence electrons. The van der Waals surface area contributed by atoms with Gasteiger partial charge in [0.05, 0.1) is 34.5 Å². The second-order valence-electron chi connectivity index (χ2n) is 24.1. The molecular weight excluding hydrogens is 901 g/mol. The molecule has 0 amide bonds. The van der Waals surface area contributed by atoms with Crippen molar-refractivity contribution in [2.45, 2.75) is 169 Å². The third-order valence-corrected chi connectivity index (χ3v) is 16.3. The van der Waals surface area contributed by atoms with Crippen LogP contribution in [0.2, 0.25) is 0 Å². The lowest BCUT2D eigenvalue weighted by Gasteiger charge is -2.26. The van der Waals surface area contributed by atoms with Crippen LogP contribution in [0.1, 0.15) is 176 Å². The topological polar surface area (TPSA) is 85.0 Å². The molecule has 7 rings (SSSR count). The Morgan fingerprint density at radius 1 is 0.586 bits per heavy atom. The summed E-state index contributed by atoms with van der Waals surface area (Å²) in [7, 11) is 4.31. The number of allylic oxidation sites excluding steroid dienone is 3. The number of hydrogen-bond donors (Lipinski definition) is 0. The van der Waals surface area contributed by atoms with Gasteiger partial charge in [-0.05, 0) is 130 Å². The van der Waals surface area contributed by atoms with Crippen LogP contribution in [0.5, 0.6) is 0 Å². The van der Waals surface area contributed by atoms with Crippen molar-refractivity contribution in [2.24, 2.45) is 0 Å². The summed E-state index contributed by atoms with van der Waals surface area (Å²) in [5, 5.41) is 20.5. The van der Waals surface area contributed by atoms with E-state index in [0.29, 0.717) is 18.7 Å². The SMILES string of the molecule is C=C1C(=O)C(c2ccc(N(C)CCCCc3cn(Cc4cc(C(C)(C)C)cc(C(C)(C)C)c4)nn3)s2)=C(C)C1c1ccc(N(C)CCCCc2cn(Cc3cc(C(C)(C)C)cc(C(C)(C)C)c3)nn2)s1. The maximum Gasteiger partial charge on any atom is 0.190 e. The van der Waals surface area contributed by atoms with Crippen molar-refractivity contribution in [1.82, 2.24) is 30.0 Å². The Bertz CT molecular complexity index is 2760. The number of Topliss-reactive ketones (excluding diaryl/α,β-unsaturated/α-hetero) is 1. The minimum atomic E-state index is -0.0934. The molecule has 6 aromatic rings. The normalized spacial score (nSPS) is 14.9. The van der Waals surface area contributed by atoms with Gasteiger partial charge in [0, 0.05) is 66.4 Å². The Kier molecular flexibility index (Phi) is 15.7. The van der Waals surface area contributed by atoms with E-state index in [-0.39, 0.29) is 33.4 Å². The molecule has 2 aromatic carbocycles. The average molecular weight is 981 g/mol. The van der Waals surface area contributed by atoms with Crippen LogP contribution in [0.15, 0.2) is 90.8 Å². The summed E-state index contributed by atoms with van der Waals surface area (Å²) in [6.07, 6.45) is 10.1. The van der Waals surface area contributed by atoms with Gasteiger partial charge >= 0.3 is 0 Å². The molecule has 0 fully saturated rings. The Balaban J connectivity index is 0.879. The molecule has 0 saturated carbocycles. The first-order chi connectivity index (χ1) is 32.7. The standard InChI is InChI=1S/C59H80N8OS2/c1-39-53(49-23-25-51(69-49)64(15)27-19-17-21-47-37-66(62-60-47)35-41-29-43(56(3,4)5)33-44(30-41)57(6,7)8)40(2)55(68)54(39)50-24-26-52(70-50)65(16)28-20-18-22-48-38-67(63-61-48)36-42-31-45(58(9,10)11)34-46(32-42)59(12,13)14/h23-26,29-34,37-38,53H,2,17-22,27-28,35-36H2,1,3-16H3. The van der Waals surface area contributed by atoms with E-state index in [1.54, 1.807) is 22.7 Å². The van der Waals surface area contributed by atoms with Gasteiger partial charge < -0.3 is 9.80 Å². The van der Waals surface area contributed by atoms with Crippen LogP contribution in [0.3, 0.4) is 0 Å². The van der Waals surface area contributed by atoms with Crippen molar-refractivity contribution in [2.75, 3.05) is 37.0 Å². The van der Waals surface area contributed by atoms with E-state index < -0.39 is 0 Å². The lowest BCUT2D eigenvalue weighted by Crippen LogP contribution is -2.17. The van der Waals surface area contributed by atoms with E-state index in [2.05, 4.69) is 214 Å². The summed E-state index contributed by atoms with van der Waals surface area (Å²) in [4.78, 5) is 20.7. The van der Waals surface area contributed by atoms with Gasteiger partial charge in [0.1, 0.15) is 0 Å². The van der Waals surface area contributed by atoms with Gasteiger partial charge in [-0.3, -0.25) is 4.79 Å². The van der Waals surface area contributed by atoms with E-state index in [9.17, 15) is 4.79 Å². The number of aryl methyl sites for hydroxylation is 2. The van der Waals surface area contributed by atoms with Crippen molar-refractivity contribution in [3.05, 3.63) is 145 Å². The third-order valence-electron chi connectivity index (χ3n) is 13.8. The number of thiophene rings is 2. The minimum Gasteiger partial charge on any atom is -0.367 e. The van der Waals surface area contributed by atoms with Crippen LogP contribution in [-0.4, -0.2) is 63.0 Å². The molecule has 9 nitrogen and oxygen atoms in total. The van der Waals surface area contributed by atoms with Gasteiger partial charge in [0.2, 0.25) is 0 Å². The monoisotopic (exact) mass is 981 g/mol. The molecule has 0 bridgehead atoms. The molecule has 0 spiro atoms. The maximum absolute atomic E-state index is 13.9. The van der Waals surface area contributed by atoms with Gasteiger partial charge in [-0.25, -0.2) is 9.36 Å². The Morgan fingerprint density at radius 2 is 1.00 bits per heavy atom. The van der Waals surface area contributed by atoms with Crippen molar-refractivity contribution < 1.29 is 4.79 Å².